The molecule has 0 saturated carbocycles. The minimum absolute atomic E-state index is 0.0535. The van der Waals surface area contributed by atoms with Crippen LogP contribution in [-0.2, 0) is 13.0 Å². The zero-order valence-corrected chi connectivity index (χ0v) is 12.0. The van der Waals surface area contributed by atoms with Gasteiger partial charge in [0.2, 0.25) is 0 Å². The van der Waals surface area contributed by atoms with Gasteiger partial charge in [-0.1, -0.05) is 48.5 Å². The van der Waals surface area contributed by atoms with E-state index in [-0.39, 0.29) is 13.2 Å². The second-order valence-electron chi connectivity index (χ2n) is 5.39. The summed E-state index contributed by atoms with van der Waals surface area (Å²) in [6.45, 7) is 0.294. The van der Waals surface area contributed by atoms with Crippen LogP contribution in [0.3, 0.4) is 0 Å². The summed E-state index contributed by atoms with van der Waals surface area (Å²) < 4.78 is 0. The summed E-state index contributed by atoms with van der Waals surface area (Å²) >= 11 is 0. The SMILES string of the molecule is OCCCCc1c2ccccc2c(CO)c2ccccc12. The van der Waals surface area contributed by atoms with Crippen molar-refractivity contribution >= 4 is 21.5 Å². The Morgan fingerprint density at radius 3 is 1.52 bits per heavy atom. The molecule has 0 aliphatic heterocycles. The molecule has 0 radical (unpaired) electrons. The van der Waals surface area contributed by atoms with Crippen molar-refractivity contribution in [2.24, 2.45) is 0 Å². The highest BCUT2D eigenvalue weighted by Crippen LogP contribution is 2.33. The predicted octanol–water partition coefficient (Wildman–Crippen LogP) is 3.80. The summed E-state index contributed by atoms with van der Waals surface area (Å²) in [4.78, 5) is 0. The van der Waals surface area contributed by atoms with Gasteiger partial charge < -0.3 is 10.2 Å². The van der Waals surface area contributed by atoms with Crippen molar-refractivity contribution in [2.75, 3.05) is 6.61 Å². The quantitative estimate of drug-likeness (QED) is 0.551. The van der Waals surface area contributed by atoms with Gasteiger partial charge in [0, 0.05) is 6.61 Å². The predicted molar refractivity (Wildman–Crippen MR) is 87.4 cm³/mol. The number of aliphatic hydroxyl groups is 2. The van der Waals surface area contributed by atoms with Crippen LogP contribution in [0.25, 0.3) is 21.5 Å². The van der Waals surface area contributed by atoms with Gasteiger partial charge in [-0.3, -0.25) is 0 Å². The maximum atomic E-state index is 9.81. The zero-order valence-electron chi connectivity index (χ0n) is 12.0. The molecular formula is C19H20O2. The highest BCUT2D eigenvalue weighted by molar-refractivity contribution is 6.05. The lowest BCUT2D eigenvalue weighted by molar-refractivity contribution is 0.284. The van der Waals surface area contributed by atoms with Gasteiger partial charge in [-0.15, -0.1) is 0 Å². The lowest BCUT2D eigenvalue weighted by Crippen LogP contribution is -1.97. The molecule has 21 heavy (non-hydrogen) atoms. The van der Waals surface area contributed by atoms with E-state index in [1.54, 1.807) is 0 Å². The smallest absolute Gasteiger partial charge is 0.0693 e. The lowest BCUT2D eigenvalue weighted by atomic mass is 9.90. The molecule has 0 aromatic heterocycles. The molecule has 0 saturated heterocycles. The molecule has 0 atom stereocenters. The van der Waals surface area contributed by atoms with E-state index >= 15 is 0 Å². The highest BCUT2D eigenvalue weighted by atomic mass is 16.3. The maximum absolute atomic E-state index is 9.81. The van der Waals surface area contributed by atoms with E-state index in [4.69, 9.17) is 5.11 Å². The van der Waals surface area contributed by atoms with E-state index in [2.05, 4.69) is 24.3 Å². The van der Waals surface area contributed by atoms with Crippen LogP contribution >= 0.6 is 0 Å². The van der Waals surface area contributed by atoms with Gasteiger partial charge in [0.05, 0.1) is 6.61 Å². The van der Waals surface area contributed by atoms with E-state index in [0.29, 0.717) is 0 Å². The molecule has 0 amide bonds. The molecule has 0 aliphatic rings. The van der Waals surface area contributed by atoms with Gasteiger partial charge >= 0.3 is 0 Å². The molecule has 3 aromatic carbocycles. The Morgan fingerprint density at radius 1 is 0.619 bits per heavy atom. The summed E-state index contributed by atoms with van der Waals surface area (Å²) in [6, 6.07) is 16.6. The van der Waals surface area contributed by atoms with Gasteiger partial charge in [-0.2, -0.15) is 0 Å². The number of benzene rings is 3. The molecule has 0 heterocycles. The van der Waals surface area contributed by atoms with Crippen molar-refractivity contribution in [3.05, 3.63) is 59.7 Å². The van der Waals surface area contributed by atoms with Crippen LogP contribution in [-0.4, -0.2) is 16.8 Å². The lowest BCUT2D eigenvalue weighted by Gasteiger charge is -2.15. The summed E-state index contributed by atoms with van der Waals surface area (Å²) in [5.74, 6) is 0. The number of hydrogen-bond donors (Lipinski definition) is 2. The standard InChI is InChI=1S/C19H20O2/c20-12-6-5-11-14-15-7-1-3-9-17(15)19(13-21)18-10-4-2-8-16(14)18/h1-4,7-10,20-21H,5-6,11-13H2. The topological polar surface area (TPSA) is 40.5 Å². The van der Waals surface area contributed by atoms with Crippen LogP contribution in [0.5, 0.6) is 0 Å². The van der Waals surface area contributed by atoms with Crippen LogP contribution in [0.1, 0.15) is 24.0 Å². The second-order valence-corrected chi connectivity index (χ2v) is 5.39. The number of aryl methyl sites for hydroxylation is 1. The van der Waals surface area contributed by atoms with Crippen LogP contribution in [0, 0.1) is 0 Å². The molecule has 2 nitrogen and oxygen atoms in total. The monoisotopic (exact) mass is 280 g/mol. The third-order valence-corrected chi connectivity index (χ3v) is 4.15. The van der Waals surface area contributed by atoms with Crippen molar-refractivity contribution in [3.8, 4) is 0 Å². The summed E-state index contributed by atoms with van der Waals surface area (Å²) in [5.41, 5.74) is 2.33. The van der Waals surface area contributed by atoms with E-state index in [9.17, 15) is 5.11 Å². The minimum atomic E-state index is 0.0535. The Morgan fingerprint density at radius 2 is 1.10 bits per heavy atom. The van der Waals surface area contributed by atoms with E-state index in [1.165, 1.54) is 16.3 Å². The van der Waals surface area contributed by atoms with Crippen LogP contribution in [0.15, 0.2) is 48.5 Å². The molecule has 0 fully saturated rings. The van der Waals surface area contributed by atoms with E-state index < -0.39 is 0 Å². The highest BCUT2D eigenvalue weighted by Gasteiger charge is 2.12. The van der Waals surface area contributed by atoms with E-state index in [1.807, 2.05) is 24.3 Å². The summed E-state index contributed by atoms with van der Waals surface area (Å²) in [5, 5.41) is 23.5. The molecule has 108 valence electrons. The fourth-order valence-electron chi connectivity index (χ4n) is 3.16. The summed E-state index contributed by atoms with van der Waals surface area (Å²) in [6.07, 6.45) is 2.75. The normalized spacial score (nSPS) is 11.3. The van der Waals surface area contributed by atoms with Crippen LogP contribution < -0.4 is 0 Å². The minimum Gasteiger partial charge on any atom is -0.396 e. The Kier molecular flexibility index (Phi) is 4.18. The molecule has 0 spiro atoms. The number of unbranched alkanes of at least 4 members (excludes halogenated alkanes) is 1. The van der Waals surface area contributed by atoms with Crippen LogP contribution in [0.2, 0.25) is 0 Å². The van der Waals surface area contributed by atoms with Crippen molar-refractivity contribution in [1.82, 2.24) is 0 Å². The first kappa shape index (κ1) is 14.1. The molecule has 3 aromatic rings. The van der Waals surface area contributed by atoms with Crippen molar-refractivity contribution < 1.29 is 10.2 Å². The van der Waals surface area contributed by atoms with Crippen molar-refractivity contribution in [3.63, 3.8) is 0 Å². The Hall–Kier alpha value is -1.90. The van der Waals surface area contributed by atoms with Crippen molar-refractivity contribution in [1.29, 1.82) is 0 Å². The maximum Gasteiger partial charge on any atom is 0.0693 e. The fraction of sp³-hybridized carbons (Fsp3) is 0.263. The molecule has 0 aliphatic carbocycles. The average Bonchev–Trinajstić information content (AvgIpc) is 2.54. The first-order valence-electron chi connectivity index (χ1n) is 7.49. The third-order valence-electron chi connectivity index (χ3n) is 4.15. The third kappa shape index (κ3) is 2.53. The average molecular weight is 280 g/mol. The largest absolute Gasteiger partial charge is 0.396 e. The number of hydrogen-bond acceptors (Lipinski definition) is 2. The first-order chi connectivity index (χ1) is 10.4. The Labute approximate surface area is 124 Å². The van der Waals surface area contributed by atoms with Crippen LogP contribution in [0.4, 0.5) is 0 Å². The Bertz CT molecular complexity index is 705. The molecule has 2 N–H and O–H groups in total. The number of aliphatic hydroxyl groups excluding tert-OH is 2. The van der Waals surface area contributed by atoms with E-state index in [0.717, 1.165) is 35.6 Å². The van der Waals surface area contributed by atoms with Crippen molar-refractivity contribution in [2.45, 2.75) is 25.9 Å². The fourth-order valence-corrected chi connectivity index (χ4v) is 3.16. The van der Waals surface area contributed by atoms with Gasteiger partial charge in [0.1, 0.15) is 0 Å². The Balaban J connectivity index is 2.30. The summed E-state index contributed by atoms with van der Waals surface area (Å²) in [7, 11) is 0. The van der Waals surface area contributed by atoms with Gasteiger partial charge in [-0.25, -0.2) is 0 Å². The van der Waals surface area contributed by atoms with Gasteiger partial charge in [-0.05, 0) is 51.9 Å². The molecule has 2 heteroatoms. The molecule has 0 unspecified atom stereocenters. The first-order valence-corrected chi connectivity index (χ1v) is 7.49. The molecule has 0 bridgehead atoms. The zero-order chi connectivity index (χ0) is 14.7. The van der Waals surface area contributed by atoms with Gasteiger partial charge in [0.15, 0.2) is 0 Å². The number of fused-ring (bicyclic) bond motifs is 2. The van der Waals surface area contributed by atoms with Gasteiger partial charge in [0.25, 0.3) is 0 Å². The molecular weight excluding hydrogens is 260 g/mol. The second kappa shape index (κ2) is 6.25. The number of rotatable bonds is 5. The molecule has 3 rings (SSSR count).